The zero-order valence-electron chi connectivity index (χ0n) is 10.5. The van der Waals surface area contributed by atoms with E-state index in [1.807, 2.05) is 0 Å². The zero-order valence-corrected chi connectivity index (χ0v) is 10.5. The standard InChI is InChI=1S/C14H18N2O2/c1-10-4-2-3-5-13(10)15-16-14(18)11-6-8-12(17)9-7-11/h6-10,17H,2-5H2,1H3,(H,16,18)/b15-13-. The summed E-state index contributed by atoms with van der Waals surface area (Å²) in [6.07, 6.45) is 4.51. The first-order valence-electron chi connectivity index (χ1n) is 6.32. The third kappa shape index (κ3) is 3.09. The molecule has 96 valence electrons. The quantitative estimate of drug-likeness (QED) is 0.788. The van der Waals surface area contributed by atoms with Crippen LogP contribution < -0.4 is 5.43 Å². The first kappa shape index (κ1) is 12.6. The van der Waals surface area contributed by atoms with Crippen LogP contribution in [-0.2, 0) is 0 Å². The maximum absolute atomic E-state index is 11.8. The lowest BCUT2D eigenvalue weighted by molar-refractivity contribution is 0.0954. The molecule has 1 atom stereocenters. The van der Waals surface area contributed by atoms with Gasteiger partial charge >= 0.3 is 0 Å². The summed E-state index contributed by atoms with van der Waals surface area (Å²) in [5.41, 5.74) is 4.16. The van der Waals surface area contributed by atoms with Crippen LogP contribution in [0.25, 0.3) is 0 Å². The van der Waals surface area contributed by atoms with Gasteiger partial charge in [0.2, 0.25) is 0 Å². The number of aromatic hydroxyl groups is 1. The van der Waals surface area contributed by atoms with Gasteiger partial charge in [-0.05, 0) is 49.4 Å². The van der Waals surface area contributed by atoms with Gasteiger partial charge in [-0.15, -0.1) is 0 Å². The molecule has 1 amide bonds. The summed E-state index contributed by atoms with van der Waals surface area (Å²) in [6, 6.07) is 6.14. The maximum Gasteiger partial charge on any atom is 0.271 e. The van der Waals surface area contributed by atoms with Crippen molar-refractivity contribution in [3.63, 3.8) is 0 Å². The molecule has 4 heteroatoms. The van der Waals surface area contributed by atoms with Gasteiger partial charge in [0, 0.05) is 11.3 Å². The lowest BCUT2D eigenvalue weighted by Crippen LogP contribution is -2.24. The number of carbonyl (C=O) groups excluding carboxylic acids is 1. The summed E-state index contributed by atoms with van der Waals surface area (Å²) >= 11 is 0. The third-order valence-electron chi connectivity index (χ3n) is 3.32. The number of phenols is 1. The van der Waals surface area contributed by atoms with E-state index < -0.39 is 0 Å². The molecule has 0 bridgehead atoms. The molecule has 0 aliphatic heterocycles. The fourth-order valence-electron chi connectivity index (χ4n) is 2.14. The molecule has 1 aliphatic rings. The van der Waals surface area contributed by atoms with Crippen LogP contribution in [0.1, 0.15) is 43.0 Å². The second kappa shape index (κ2) is 5.67. The highest BCUT2D eigenvalue weighted by atomic mass is 16.3. The Kier molecular flexibility index (Phi) is 3.97. The van der Waals surface area contributed by atoms with Crippen molar-refractivity contribution in [2.45, 2.75) is 32.6 Å². The van der Waals surface area contributed by atoms with Gasteiger partial charge in [0.15, 0.2) is 0 Å². The average Bonchev–Trinajstić information content (AvgIpc) is 2.38. The summed E-state index contributed by atoms with van der Waals surface area (Å²) in [7, 11) is 0. The second-order valence-electron chi connectivity index (χ2n) is 4.74. The first-order chi connectivity index (χ1) is 8.66. The summed E-state index contributed by atoms with van der Waals surface area (Å²) in [4.78, 5) is 11.8. The minimum Gasteiger partial charge on any atom is -0.508 e. The van der Waals surface area contributed by atoms with Crippen molar-refractivity contribution in [3.05, 3.63) is 29.8 Å². The van der Waals surface area contributed by atoms with Crippen LogP contribution in [-0.4, -0.2) is 16.7 Å². The molecule has 1 aromatic carbocycles. The number of amides is 1. The van der Waals surface area contributed by atoms with E-state index in [1.54, 1.807) is 12.1 Å². The molecule has 0 spiro atoms. The van der Waals surface area contributed by atoms with Gasteiger partial charge in [0.25, 0.3) is 5.91 Å². The highest BCUT2D eigenvalue weighted by Crippen LogP contribution is 2.20. The van der Waals surface area contributed by atoms with Crippen LogP contribution in [0.2, 0.25) is 0 Å². The van der Waals surface area contributed by atoms with E-state index in [-0.39, 0.29) is 11.7 Å². The number of phenolic OH excluding ortho intramolecular Hbond substituents is 1. The van der Waals surface area contributed by atoms with E-state index in [0.717, 1.165) is 25.0 Å². The van der Waals surface area contributed by atoms with Crippen molar-refractivity contribution in [2.24, 2.45) is 11.0 Å². The predicted octanol–water partition coefficient (Wildman–Crippen LogP) is 2.69. The Labute approximate surface area is 107 Å². The number of hydrogen-bond acceptors (Lipinski definition) is 3. The molecule has 2 N–H and O–H groups in total. The van der Waals surface area contributed by atoms with Crippen LogP contribution >= 0.6 is 0 Å². The fraction of sp³-hybridized carbons (Fsp3) is 0.429. The van der Waals surface area contributed by atoms with Crippen molar-refractivity contribution < 1.29 is 9.90 Å². The number of nitrogens with zero attached hydrogens (tertiary/aromatic N) is 1. The first-order valence-corrected chi connectivity index (χ1v) is 6.32. The van der Waals surface area contributed by atoms with Gasteiger partial charge in [-0.1, -0.05) is 13.3 Å². The van der Waals surface area contributed by atoms with E-state index in [4.69, 9.17) is 5.11 Å². The molecule has 1 fully saturated rings. The Hall–Kier alpha value is -1.84. The van der Waals surface area contributed by atoms with Crippen molar-refractivity contribution in [2.75, 3.05) is 0 Å². The van der Waals surface area contributed by atoms with E-state index in [2.05, 4.69) is 17.5 Å². The zero-order chi connectivity index (χ0) is 13.0. The summed E-state index contributed by atoms with van der Waals surface area (Å²) < 4.78 is 0. The molecular formula is C14H18N2O2. The molecule has 1 unspecified atom stereocenters. The Balaban J connectivity index is 1.99. The van der Waals surface area contributed by atoms with Crippen molar-refractivity contribution >= 4 is 11.6 Å². The molecule has 0 saturated heterocycles. The third-order valence-corrected chi connectivity index (χ3v) is 3.32. The van der Waals surface area contributed by atoms with Crippen LogP contribution in [0.15, 0.2) is 29.4 Å². The summed E-state index contributed by atoms with van der Waals surface area (Å²) in [5.74, 6) is 0.373. The molecule has 1 saturated carbocycles. The molecule has 0 radical (unpaired) electrons. The van der Waals surface area contributed by atoms with Gasteiger partial charge in [-0.25, -0.2) is 5.43 Å². The van der Waals surface area contributed by atoms with Gasteiger partial charge < -0.3 is 5.11 Å². The highest BCUT2D eigenvalue weighted by molar-refractivity contribution is 5.95. The van der Waals surface area contributed by atoms with Crippen LogP contribution in [0.4, 0.5) is 0 Å². The van der Waals surface area contributed by atoms with E-state index in [1.165, 1.54) is 18.6 Å². The molecular weight excluding hydrogens is 228 g/mol. The van der Waals surface area contributed by atoms with Crippen LogP contribution in [0.3, 0.4) is 0 Å². The molecule has 18 heavy (non-hydrogen) atoms. The van der Waals surface area contributed by atoms with Gasteiger partial charge in [-0.3, -0.25) is 4.79 Å². The Morgan fingerprint density at radius 3 is 2.72 bits per heavy atom. The van der Waals surface area contributed by atoms with E-state index in [9.17, 15) is 4.79 Å². The lowest BCUT2D eigenvalue weighted by atomic mass is 9.89. The van der Waals surface area contributed by atoms with Crippen LogP contribution in [0.5, 0.6) is 5.75 Å². The van der Waals surface area contributed by atoms with Crippen LogP contribution in [0, 0.1) is 5.92 Å². The predicted molar refractivity (Wildman–Crippen MR) is 70.6 cm³/mol. The summed E-state index contributed by atoms with van der Waals surface area (Å²) in [5, 5.41) is 13.4. The van der Waals surface area contributed by atoms with Gasteiger partial charge in [0.1, 0.15) is 5.75 Å². The Bertz CT molecular complexity index is 451. The smallest absolute Gasteiger partial charge is 0.271 e. The minimum absolute atomic E-state index is 0.152. The number of nitrogens with one attached hydrogen (secondary N) is 1. The number of hydrazone groups is 1. The monoisotopic (exact) mass is 246 g/mol. The van der Waals surface area contributed by atoms with Gasteiger partial charge in [0.05, 0.1) is 0 Å². The number of benzene rings is 1. The SMILES string of the molecule is CC1CCCC/C1=N/NC(=O)c1ccc(O)cc1. The number of carbonyl (C=O) groups is 1. The molecule has 0 heterocycles. The average molecular weight is 246 g/mol. The number of hydrogen-bond donors (Lipinski definition) is 2. The van der Waals surface area contributed by atoms with Gasteiger partial charge in [-0.2, -0.15) is 5.10 Å². The molecule has 2 rings (SSSR count). The largest absolute Gasteiger partial charge is 0.508 e. The van der Waals surface area contributed by atoms with Crippen molar-refractivity contribution in [3.8, 4) is 5.75 Å². The Morgan fingerprint density at radius 2 is 2.06 bits per heavy atom. The minimum atomic E-state index is -0.236. The molecule has 0 aromatic heterocycles. The summed E-state index contributed by atoms with van der Waals surface area (Å²) in [6.45, 7) is 2.14. The topological polar surface area (TPSA) is 61.7 Å². The van der Waals surface area contributed by atoms with Crippen molar-refractivity contribution in [1.82, 2.24) is 5.43 Å². The van der Waals surface area contributed by atoms with E-state index >= 15 is 0 Å². The second-order valence-corrected chi connectivity index (χ2v) is 4.74. The van der Waals surface area contributed by atoms with Crippen molar-refractivity contribution in [1.29, 1.82) is 0 Å². The maximum atomic E-state index is 11.8. The molecule has 1 aliphatic carbocycles. The van der Waals surface area contributed by atoms with E-state index in [0.29, 0.717) is 11.5 Å². The fourth-order valence-corrected chi connectivity index (χ4v) is 2.14. The highest BCUT2D eigenvalue weighted by Gasteiger charge is 2.16. The molecule has 1 aromatic rings. The molecule has 4 nitrogen and oxygen atoms in total. The normalized spacial score (nSPS) is 21.8. The lowest BCUT2D eigenvalue weighted by Gasteiger charge is -2.19. The number of rotatable bonds is 2. The Morgan fingerprint density at radius 1 is 1.33 bits per heavy atom.